The maximum absolute atomic E-state index is 13.1. The molecule has 0 atom stereocenters. The summed E-state index contributed by atoms with van der Waals surface area (Å²) in [5, 5.41) is 2.71. The van der Waals surface area contributed by atoms with Crippen molar-refractivity contribution in [3.05, 3.63) is 83.1 Å². The number of rotatable bonds is 8. The van der Waals surface area contributed by atoms with Crippen LogP contribution in [0.5, 0.6) is 0 Å². The van der Waals surface area contributed by atoms with Gasteiger partial charge in [0.2, 0.25) is 5.91 Å². The van der Waals surface area contributed by atoms with Crippen LogP contribution in [0.3, 0.4) is 0 Å². The van der Waals surface area contributed by atoms with Crippen LogP contribution in [0.15, 0.2) is 71.6 Å². The van der Waals surface area contributed by atoms with Gasteiger partial charge in [0.25, 0.3) is 10.0 Å². The molecule has 2 N–H and O–H groups in total. The van der Waals surface area contributed by atoms with E-state index in [1.54, 1.807) is 12.1 Å². The van der Waals surface area contributed by atoms with Crippen molar-refractivity contribution in [3.8, 4) is 0 Å². The number of aryl methyl sites for hydroxylation is 3. The summed E-state index contributed by atoms with van der Waals surface area (Å²) in [7, 11) is -3.89. The maximum atomic E-state index is 13.1. The van der Waals surface area contributed by atoms with E-state index in [4.69, 9.17) is 16.6 Å². The number of anilines is 2. The standard InChI is InChI=1S/C25H25ClN4O3S/c1-3-30-24-11-7-6-10-23(24)28-25(30)15-12-18-8-4-5-9-21(18)29-34(32,33)19-13-14-22(20(26)16-19)27-17(2)31/h4-11,13-14,16,29H,3,12,15H2,1-2H3,(H,27,31). The van der Waals surface area contributed by atoms with Gasteiger partial charge in [-0.25, -0.2) is 13.4 Å². The minimum absolute atomic E-state index is 0.00850. The second-order valence-electron chi connectivity index (χ2n) is 7.85. The number of aromatic nitrogens is 2. The van der Waals surface area contributed by atoms with Crippen molar-refractivity contribution in [1.82, 2.24) is 9.55 Å². The predicted octanol–water partition coefficient (Wildman–Crippen LogP) is 5.25. The molecule has 3 aromatic carbocycles. The van der Waals surface area contributed by atoms with Crippen molar-refractivity contribution in [3.63, 3.8) is 0 Å². The molecule has 0 saturated carbocycles. The Labute approximate surface area is 203 Å². The van der Waals surface area contributed by atoms with Crippen molar-refractivity contribution in [2.24, 2.45) is 0 Å². The summed E-state index contributed by atoms with van der Waals surface area (Å²) >= 11 is 6.18. The lowest BCUT2D eigenvalue weighted by molar-refractivity contribution is -0.114. The predicted molar refractivity (Wildman–Crippen MR) is 136 cm³/mol. The van der Waals surface area contributed by atoms with Crippen molar-refractivity contribution in [2.75, 3.05) is 10.0 Å². The molecule has 0 radical (unpaired) electrons. The molecular weight excluding hydrogens is 472 g/mol. The molecule has 1 amide bonds. The zero-order valence-corrected chi connectivity index (χ0v) is 20.4. The Hall–Kier alpha value is -3.36. The van der Waals surface area contributed by atoms with E-state index in [9.17, 15) is 13.2 Å². The van der Waals surface area contributed by atoms with Crippen LogP contribution in [0, 0.1) is 0 Å². The highest BCUT2D eigenvalue weighted by atomic mass is 35.5. The molecule has 1 aromatic heterocycles. The number of para-hydroxylation sites is 3. The van der Waals surface area contributed by atoms with Gasteiger partial charge in [-0.3, -0.25) is 9.52 Å². The van der Waals surface area contributed by atoms with E-state index < -0.39 is 10.0 Å². The smallest absolute Gasteiger partial charge is 0.261 e. The molecular formula is C25H25ClN4O3S. The number of hydrogen-bond donors (Lipinski definition) is 2. The number of sulfonamides is 1. The van der Waals surface area contributed by atoms with Crippen molar-refractivity contribution < 1.29 is 13.2 Å². The molecule has 0 fully saturated rings. The highest BCUT2D eigenvalue weighted by molar-refractivity contribution is 7.92. The van der Waals surface area contributed by atoms with Gasteiger partial charge in [-0.15, -0.1) is 0 Å². The summed E-state index contributed by atoms with van der Waals surface area (Å²) in [6.45, 7) is 4.25. The van der Waals surface area contributed by atoms with Crippen LogP contribution in [0.25, 0.3) is 11.0 Å². The van der Waals surface area contributed by atoms with Crippen LogP contribution in [-0.4, -0.2) is 23.9 Å². The van der Waals surface area contributed by atoms with Gasteiger partial charge in [-0.1, -0.05) is 41.9 Å². The number of nitrogens with zero attached hydrogens (tertiary/aromatic N) is 2. The first kappa shape index (κ1) is 23.8. The average Bonchev–Trinajstić information content (AvgIpc) is 3.16. The Morgan fingerprint density at radius 3 is 2.47 bits per heavy atom. The normalized spacial score (nSPS) is 11.5. The van der Waals surface area contributed by atoms with Crippen molar-refractivity contribution in [1.29, 1.82) is 0 Å². The number of imidazole rings is 1. The number of amides is 1. The summed E-state index contributed by atoms with van der Waals surface area (Å²) < 4.78 is 31.0. The summed E-state index contributed by atoms with van der Waals surface area (Å²) in [4.78, 5) is 16.1. The van der Waals surface area contributed by atoms with E-state index in [0.717, 1.165) is 29.0 Å². The van der Waals surface area contributed by atoms with Gasteiger partial charge in [0, 0.05) is 19.9 Å². The van der Waals surface area contributed by atoms with E-state index in [0.29, 0.717) is 24.2 Å². The highest BCUT2D eigenvalue weighted by Gasteiger charge is 2.18. The number of halogens is 1. The van der Waals surface area contributed by atoms with Crippen LogP contribution in [-0.2, 0) is 34.2 Å². The molecule has 34 heavy (non-hydrogen) atoms. The number of fused-ring (bicyclic) bond motifs is 1. The number of hydrogen-bond acceptors (Lipinski definition) is 4. The van der Waals surface area contributed by atoms with Crippen LogP contribution >= 0.6 is 11.6 Å². The third-order valence-corrected chi connectivity index (χ3v) is 7.17. The Kier molecular flexibility index (Phi) is 6.90. The second kappa shape index (κ2) is 9.87. The molecule has 0 spiro atoms. The monoisotopic (exact) mass is 496 g/mol. The quantitative estimate of drug-likeness (QED) is 0.348. The van der Waals surface area contributed by atoms with E-state index >= 15 is 0 Å². The molecule has 0 aliphatic rings. The van der Waals surface area contributed by atoms with Gasteiger partial charge in [-0.05, 0) is 55.3 Å². The molecule has 0 saturated heterocycles. The number of nitrogens with one attached hydrogen (secondary N) is 2. The topological polar surface area (TPSA) is 93.1 Å². The molecule has 9 heteroatoms. The highest BCUT2D eigenvalue weighted by Crippen LogP contribution is 2.28. The summed E-state index contributed by atoms with van der Waals surface area (Å²) in [5.74, 6) is 0.669. The number of benzene rings is 3. The third-order valence-electron chi connectivity index (χ3n) is 5.49. The van der Waals surface area contributed by atoms with Crippen molar-refractivity contribution >= 4 is 49.9 Å². The van der Waals surface area contributed by atoms with Crippen LogP contribution in [0.1, 0.15) is 25.2 Å². The molecule has 0 aliphatic heterocycles. The number of carbonyl (C=O) groups is 1. The first-order chi connectivity index (χ1) is 16.3. The molecule has 7 nitrogen and oxygen atoms in total. The average molecular weight is 497 g/mol. The minimum atomic E-state index is -3.89. The Bertz CT molecular complexity index is 1460. The molecule has 4 aromatic rings. The molecule has 1 heterocycles. The van der Waals surface area contributed by atoms with Gasteiger partial charge in [0.1, 0.15) is 5.82 Å². The maximum Gasteiger partial charge on any atom is 0.261 e. The second-order valence-corrected chi connectivity index (χ2v) is 9.94. The molecule has 4 rings (SSSR count). The summed E-state index contributed by atoms with van der Waals surface area (Å²) in [6, 6.07) is 19.5. The fraction of sp³-hybridized carbons (Fsp3) is 0.200. The van der Waals surface area contributed by atoms with Crippen LogP contribution < -0.4 is 10.0 Å². The minimum Gasteiger partial charge on any atom is -0.328 e. The van der Waals surface area contributed by atoms with E-state index in [-0.39, 0.29) is 15.8 Å². The van der Waals surface area contributed by atoms with Crippen molar-refractivity contribution in [2.45, 2.75) is 38.1 Å². The van der Waals surface area contributed by atoms with E-state index in [1.807, 2.05) is 30.3 Å². The van der Waals surface area contributed by atoms with Gasteiger partial charge in [0.05, 0.1) is 32.3 Å². The molecule has 176 valence electrons. The van der Waals surface area contributed by atoms with Crippen LogP contribution in [0.2, 0.25) is 5.02 Å². The summed E-state index contributed by atoms with van der Waals surface area (Å²) in [6.07, 6.45) is 1.28. The molecule has 0 unspecified atom stereocenters. The lowest BCUT2D eigenvalue weighted by Crippen LogP contribution is -2.15. The molecule has 0 aliphatic carbocycles. The Morgan fingerprint density at radius 2 is 1.74 bits per heavy atom. The Morgan fingerprint density at radius 1 is 1.00 bits per heavy atom. The zero-order valence-electron chi connectivity index (χ0n) is 18.9. The van der Waals surface area contributed by atoms with Gasteiger partial charge < -0.3 is 9.88 Å². The van der Waals surface area contributed by atoms with E-state index in [1.165, 1.54) is 25.1 Å². The zero-order chi connectivity index (χ0) is 24.3. The summed E-state index contributed by atoms with van der Waals surface area (Å²) in [5.41, 5.74) is 3.76. The first-order valence-corrected chi connectivity index (χ1v) is 12.8. The number of carbonyl (C=O) groups excluding carboxylic acids is 1. The largest absolute Gasteiger partial charge is 0.328 e. The van der Waals surface area contributed by atoms with Gasteiger partial charge >= 0.3 is 0 Å². The van der Waals surface area contributed by atoms with Crippen LogP contribution in [0.4, 0.5) is 11.4 Å². The SMILES string of the molecule is CCn1c(CCc2ccccc2NS(=O)(=O)c2ccc(NC(C)=O)c(Cl)c2)nc2ccccc21. The third kappa shape index (κ3) is 5.08. The first-order valence-electron chi connectivity index (χ1n) is 10.9. The fourth-order valence-corrected chi connectivity index (χ4v) is 5.33. The molecule has 0 bridgehead atoms. The van der Waals surface area contributed by atoms with Gasteiger partial charge in [0.15, 0.2) is 0 Å². The lowest BCUT2D eigenvalue weighted by atomic mass is 10.1. The Balaban J connectivity index is 1.56. The van der Waals surface area contributed by atoms with E-state index in [2.05, 4.69) is 27.6 Å². The van der Waals surface area contributed by atoms with Gasteiger partial charge in [-0.2, -0.15) is 0 Å². The fourth-order valence-electron chi connectivity index (χ4n) is 3.91. The lowest BCUT2D eigenvalue weighted by Gasteiger charge is -2.14.